The van der Waals surface area contributed by atoms with Crippen LogP contribution in [0.15, 0.2) is 48.0 Å². The molecule has 1 unspecified atom stereocenters. The standard InChI is InChI=1S/C20H21F3N4OS/c1-2-27-17(7-8-25-27)14-10-18(29-12-14)19(28)26-15(11-24)9-13-5-3-4-6-16(13)20(21,22)23/h3-8,10,12,15H,2,9,11,24H2,1H3,(H,26,28). The molecule has 0 spiro atoms. The van der Waals surface area contributed by atoms with Gasteiger partial charge in [-0.15, -0.1) is 11.3 Å². The molecule has 0 saturated heterocycles. The highest BCUT2D eigenvalue weighted by Gasteiger charge is 2.33. The van der Waals surface area contributed by atoms with Gasteiger partial charge in [-0.05, 0) is 37.1 Å². The van der Waals surface area contributed by atoms with Crippen molar-refractivity contribution in [3.63, 3.8) is 0 Å². The molecular formula is C20H21F3N4OS. The lowest BCUT2D eigenvalue weighted by Gasteiger charge is -2.19. The van der Waals surface area contributed by atoms with Gasteiger partial charge in [0, 0.05) is 36.3 Å². The molecule has 1 aromatic carbocycles. The van der Waals surface area contributed by atoms with E-state index in [1.165, 1.54) is 23.5 Å². The highest BCUT2D eigenvalue weighted by atomic mass is 32.1. The predicted octanol–water partition coefficient (Wildman–Crippen LogP) is 3.95. The Morgan fingerprint density at radius 2 is 2.07 bits per heavy atom. The van der Waals surface area contributed by atoms with E-state index in [2.05, 4.69) is 10.4 Å². The lowest BCUT2D eigenvalue weighted by atomic mass is 9.99. The number of hydrogen-bond acceptors (Lipinski definition) is 4. The van der Waals surface area contributed by atoms with Gasteiger partial charge < -0.3 is 11.1 Å². The number of thiophene rings is 1. The Hall–Kier alpha value is -2.65. The third-order valence-corrected chi connectivity index (χ3v) is 5.47. The summed E-state index contributed by atoms with van der Waals surface area (Å²) in [6.07, 6.45) is -2.76. The minimum atomic E-state index is -4.45. The summed E-state index contributed by atoms with van der Waals surface area (Å²) in [4.78, 5) is 13.1. The molecule has 0 aliphatic rings. The Labute approximate surface area is 170 Å². The molecule has 2 heterocycles. The first-order valence-electron chi connectivity index (χ1n) is 9.10. The Morgan fingerprint density at radius 1 is 1.31 bits per heavy atom. The molecule has 9 heteroatoms. The molecule has 154 valence electrons. The molecule has 1 amide bonds. The number of nitrogens with one attached hydrogen (secondary N) is 1. The molecular weight excluding hydrogens is 401 g/mol. The molecule has 0 aliphatic carbocycles. The number of amides is 1. The first kappa shape index (κ1) is 21.1. The summed E-state index contributed by atoms with van der Waals surface area (Å²) in [6.45, 7) is 2.70. The van der Waals surface area contributed by atoms with Crippen LogP contribution in [0.25, 0.3) is 11.3 Å². The van der Waals surface area contributed by atoms with Gasteiger partial charge in [-0.3, -0.25) is 9.48 Å². The van der Waals surface area contributed by atoms with Gasteiger partial charge in [-0.25, -0.2) is 0 Å². The molecule has 2 aromatic heterocycles. The van der Waals surface area contributed by atoms with Crippen LogP contribution in [0.1, 0.15) is 27.7 Å². The van der Waals surface area contributed by atoms with E-state index in [0.717, 1.165) is 17.3 Å². The van der Waals surface area contributed by atoms with Gasteiger partial charge in [0.2, 0.25) is 0 Å². The van der Waals surface area contributed by atoms with E-state index >= 15 is 0 Å². The third kappa shape index (κ3) is 4.86. The van der Waals surface area contributed by atoms with E-state index < -0.39 is 17.8 Å². The third-order valence-electron chi connectivity index (χ3n) is 4.54. The Bertz CT molecular complexity index is 980. The smallest absolute Gasteiger partial charge is 0.347 e. The molecule has 0 saturated carbocycles. The van der Waals surface area contributed by atoms with E-state index in [1.54, 1.807) is 18.3 Å². The summed E-state index contributed by atoms with van der Waals surface area (Å²) in [5, 5.41) is 8.82. The van der Waals surface area contributed by atoms with Crippen molar-refractivity contribution < 1.29 is 18.0 Å². The van der Waals surface area contributed by atoms with Gasteiger partial charge >= 0.3 is 6.18 Å². The van der Waals surface area contributed by atoms with Crippen molar-refractivity contribution in [1.29, 1.82) is 0 Å². The van der Waals surface area contributed by atoms with Crippen LogP contribution in [0.3, 0.4) is 0 Å². The number of rotatable bonds is 7. The van der Waals surface area contributed by atoms with E-state index in [9.17, 15) is 18.0 Å². The van der Waals surface area contributed by atoms with Crippen molar-refractivity contribution in [2.24, 2.45) is 5.73 Å². The molecule has 0 radical (unpaired) electrons. The molecule has 5 nitrogen and oxygen atoms in total. The lowest BCUT2D eigenvalue weighted by molar-refractivity contribution is -0.138. The van der Waals surface area contributed by atoms with Crippen LogP contribution in [-0.4, -0.2) is 28.3 Å². The normalized spacial score (nSPS) is 12.7. The quantitative estimate of drug-likeness (QED) is 0.606. The first-order chi connectivity index (χ1) is 13.8. The highest BCUT2D eigenvalue weighted by molar-refractivity contribution is 7.12. The maximum absolute atomic E-state index is 13.2. The molecule has 3 aromatic rings. The number of carbonyl (C=O) groups excluding carboxylic acids is 1. The van der Waals surface area contributed by atoms with Crippen molar-refractivity contribution in [2.75, 3.05) is 6.54 Å². The van der Waals surface area contributed by atoms with Gasteiger partial charge in [0.25, 0.3) is 5.91 Å². The minimum absolute atomic E-state index is 0.00123. The second-order valence-electron chi connectivity index (χ2n) is 6.50. The fourth-order valence-electron chi connectivity index (χ4n) is 3.11. The summed E-state index contributed by atoms with van der Waals surface area (Å²) in [5.74, 6) is -0.358. The van der Waals surface area contributed by atoms with Crippen molar-refractivity contribution in [3.05, 3.63) is 64.0 Å². The van der Waals surface area contributed by atoms with Crippen molar-refractivity contribution >= 4 is 17.2 Å². The van der Waals surface area contributed by atoms with Crippen LogP contribution >= 0.6 is 11.3 Å². The SMILES string of the molecule is CCn1nccc1-c1csc(C(=O)NC(CN)Cc2ccccc2C(F)(F)F)c1. The Morgan fingerprint density at radius 3 is 2.76 bits per heavy atom. The van der Waals surface area contributed by atoms with E-state index in [4.69, 9.17) is 5.73 Å². The summed E-state index contributed by atoms with van der Waals surface area (Å²) in [6, 6.07) is 8.33. The van der Waals surface area contributed by atoms with Crippen molar-refractivity contribution in [1.82, 2.24) is 15.1 Å². The number of nitrogens with two attached hydrogens (primary N) is 1. The first-order valence-corrected chi connectivity index (χ1v) is 9.98. The van der Waals surface area contributed by atoms with Crippen LogP contribution in [0.4, 0.5) is 13.2 Å². The van der Waals surface area contributed by atoms with E-state index in [-0.39, 0.29) is 24.4 Å². The van der Waals surface area contributed by atoms with Gasteiger partial charge in [-0.1, -0.05) is 18.2 Å². The summed E-state index contributed by atoms with van der Waals surface area (Å²) in [7, 11) is 0. The molecule has 1 atom stereocenters. The van der Waals surface area contributed by atoms with Gasteiger partial charge in [-0.2, -0.15) is 18.3 Å². The van der Waals surface area contributed by atoms with Crippen LogP contribution in [-0.2, 0) is 19.1 Å². The van der Waals surface area contributed by atoms with E-state index in [0.29, 0.717) is 11.4 Å². The maximum atomic E-state index is 13.2. The molecule has 3 N–H and O–H groups in total. The minimum Gasteiger partial charge on any atom is -0.347 e. The molecule has 0 fully saturated rings. The Kier molecular flexibility index (Phi) is 6.39. The zero-order valence-electron chi connectivity index (χ0n) is 15.7. The van der Waals surface area contributed by atoms with Gasteiger partial charge in [0.15, 0.2) is 0 Å². The predicted molar refractivity (Wildman–Crippen MR) is 107 cm³/mol. The number of carbonyl (C=O) groups is 1. The molecule has 3 rings (SSSR count). The second-order valence-corrected chi connectivity index (χ2v) is 7.41. The van der Waals surface area contributed by atoms with Crippen LogP contribution in [0, 0.1) is 0 Å². The largest absolute Gasteiger partial charge is 0.416 e. The van der Waals surface area contributed by atoms with E-state index in [1.807, 2.05) is 23.1 Å². The average molecular weight is 422 g/mol. The number of benzene rings is 1. The highest BCUT2D eigenvalue weighted by Crippen LogP contribution is 2.32. The molecule has 0 aliphatic heterocycles. The van der Waals surface area contributed by atoms with Crippen LogP contribution < -0.4 is 11.1 Å². The molecule has 29 heavy (non-hydrogen) atoms. The monoisotopic (exact) mass is 422 g/mol. The van der Waals surface area contributed by atoms with Gasteiger partial charge in [0.05, 0.1) is 16.1 Å². The zero-order valence-corrected chi connectivity index (χ0v) is 16.6. The fraction of sp³-hybridized carbons (Fsp3) is 0.300. The number of halogens is 3. The fourth-order valence-corrected chi connectivity index (χ4v) is 3.91. The van der Waals surface area contributed by atoms with Gasteiger partial charge in [0.1, 0.15) is 0 Å². The summed E-state index contributed by atoms with van der Waals surface area (Å²) < 4.78 is 41.4. The lowest BCUT2D eigenvalue weighted by Crippen LogP contribution is -2.41. The molecule has 0 bridgehead atoms. The number of nitrogens with zero attached hydrogens (tertiary/aromatic N) is 2. The maximum Gasteiger partial charge on any atom is 0.416 e. The average Bonchev–Trinajstić information content (AvgIpc) is 3.35. The number of aromatic nitrogens is 2. The van der Waals surface area contributed by atoms with Crippen LogP contribution in [0.5, 0.6) is 0 Å². The topological polar surface area (TPSA) is 72.9 Å². The number of aryl methyl sites for hydroxylation is 1. The summed E-state index contributed by atoms with van der Waals surface area (Å²) in [5.41, 5.74) is 6.89. The number of hydrogen-bond donors (Lipinski definition) is 2. The number of alkyl halides is 3. The zero-order chi connectivity index (χ0) is 21.0. The Balaban J connectivity index is 1.73. The second kappa shape index (κ2) is 8.79. The van der Waals surface area contributed by atoms with Crippen LogP contribution in [0.2, 0.25) is 0 Å². The summed E-state index contributed by atoms with van der Waals surface area (Å²) >= 11 is 1.27. The van der Waals surface area contributed by atoms with Crippen molar-refractivity contribution in [3.8, 4) is 11.3 Å². The van der Waals surface area contributed by atoms with Crippen molar-refractivity contribution in [2.45, 2.75) is 32.1 Å².